The molecule has 1 fully saturated rings. The van der Waals surface area contributed by atoms with Crippen molar-refractivity contribution in [1.29, 1.82) is 0 Å². The number of carbonyl (C=O) groups is 1. The van der Waals surface area contributed by atoms with E-state index in [-0.39, 0.29) is 30.3 Å². The van der Waals surface area contributed by atoms with E-state index in [4.69, 9.17) is 14.0 Å². The zero-order valence-electron chi connectivity index (χ0n) is 17.1. The van der Waals surface area contributed by atoms with Crippen LogP contribution < -0.4 is 9.47 Å². The van der Waals surface area contributed by atoms with E-state index in [2.05, 4.69) is 10.1 Å². The number of nitrogens with zero attached hydrogens (tertiary/aromatic N) is 3. The summed E-state index contributed by atoms with van der Waals surface area (Å²) in [5.41, 5.74) is 0.749. The van der Waals surface area contributed by atoms with Crippen LogP contribution in [0.3, 0.4) is 0 Å². The molecule has 31 heavy (non-hydrogen) atoms. The second-order valence-corrected chi connectivity index (χ2v) is 7.07. The van der Waals surface area contributed by atoms with Gasteiger partial charge in [0.25, 0.3) is 0 Å². The number of methoxy groups -OCH3 is 1. The number of amides is 1. The molecule has 2 heterocycles. The number of halogens is 2. The van der Waals surface area contributed by atoms with E-state index < -0.39 is 17.7 Å². The van der Waals surface area contributed by atoms with Crippen LogP contribution in [-0.4, -0.2) is 34.7 Å². The highest BCUT2D eigenvalue weighted by Crippen LogP contribution is 2.36. The molecule has 7 nitrogen and oxygen atoms in total. The van der Waals surface area contributed by atoms with E-state index in [1.807, 2.05) is 6.92 Å². The van der Waals surface area contributed by atoms with Crippen LogP contribution in [0.4, 0.5) is 8.78 Å². The summed E-state index contributed by atoms with van der Waals surface area (Å²) in [6.45, 7) is 2.30. The van der Waals surface area contributed by atoms with Gasteiger partial charge in [0.1, 0.15) is 17.7 Å². The van der Waals surface area contributed by atoms with Crippen LogP contribution in [0.15, 0.2) is 40.9 Å². The molecule has 162 valence electrons. The quantitative estimate of drug-likeness (QED) is 0.558. The van der Waals surface area contributed by atoms with Crippen LogP contribution in [0.5, 0.6) is 11.5 Å². The largest absolute Gasteiger partial charge is 0.493 e. The molecule has 1 aliphatic heterocycles. The average Bonchev–Trinajstić information content (AvgIpc) is 3.38. The fourth-order valence-corrected chi connectivity index (χ4v) is 3.61. The first-order valence-electron chi connectivity index (χ1n) is 9.88. The molecular weight excluding hydrogens is 408 g/mol. The van der Waals surface area contributed by atoms with E-state index >= 15 is 0 Å². The maximum absolute atomic E-state index is 14.1. The molecule has 0 radical (unpaired) electrons. The Labute approximate surface area is 177 Å². The molecule has 0 N–H and O–H groups in total. The normalized spacial score (nSPS) is 16.1. The fourth-order valence-electron chi connectivity index (χ4n) is 3.61. The van der Waals surface area contributed by atoms with Gasteiger partial charge >= 0.3 is 0 Å². The topological polar surface area (TPSA) is 77.7 Å². The number of likely N-dealkylation sites (tertiary alicyclic amines) is 1. The summed E-state index contributed by atoms with van der Waals surface area (Å²) in [6, 6.07) is 7.93. The van der Waals surface area contributed by atoms with Crippen molar-refractivity contribution in [2.75, 3.05) is 13.7 Å². The van der Waals surface area contributed by atoms with Gasteiger partial charge in [0.15, 0.2) is 11.5 Å². The molecule has 0 spiro atoms. The Morgan fingerprint density at radius 1 is 1.19 bits per heavy atom. The van der Waals surface area contributed by atoms with Crippen molar-refractivity contribution >= 4 is 5.91 Å². The molecule has 0 aliphatic carbocycles. The summed E-state index contributed by atoms with van der Waals surface area (Å²) in [4.78, 5) is 18.3. The van der Waals surface area contributed by atoms with Gasteiger partial charge in [0.05, 0.1) is 13.7 Å². The summed E-state index contributed by atoms with van der Waals surface area (Å²) < 4.78 is 43.9. The third-order valence-electron chi connectivity index (χ3n) is 5.13. The van der Waals surface area contributed by atoms with Gasteiger partial charge in [-0.05, 0) is 49.7 Å². The van der Waals surface area contributed by atoms with E-state index in [0.29, 0.717) is 35.9 Å². The number of aromatic nitrogens is 2. The summed E-state index contributed by atoms with van der Waals surface area (Å²) in [6.07, 6.45) is 0.709. The molecule has 1 atom stereocenters. The lowest BCUT2D eigenvalue weighted by Crippen LogP contribution is -2.27. The lowest BCUT2D eigenvalue weighted by Gasteiger charge is -2.22. The average molecular weight is 429 g/mol. The summed E-state index contributed by atoms with van der Waals surface area (Å²) >= 11 is 0. The number of ether oxygens (including phenoxy) is 2. The van der Waals surface area contributed by atoms with E-state index in [0.717, 1.165) is 18.2 Å². The summed E-state index contributed by atoms with van der Waals surface area (Å²) in [5, 5.41) is 4.03. The highest BCUT2D eigenvalue weighted by Gasteiger charge is 2.36. The highest BCUT2D eigenvalue weighted by atomic mass is 19.1. The Balaban J connectivity index is 1.59. The Morgan fingerprint density at radius 2 is 2.03 bits per heavy atom. The van der Waals surface area contributed by atoms with Crippen molar-refractivity contribution in [3.8, 4) is 22.9 Å². The standard InChI is InChI=1S/C22H21F2N3O4/c1-3-30-18-8-4-13(11-19(18)29-2)21-25-22(31-26-21)17-7-9-20(28)27(17)12-14-10-15(23)5-6-16(14)24/h4-6,8,10-11,17H,3,7,9,12H2,1-2H3. The fraction of sp³-hybridized carbons (Fsp3) is 0.318. The van der Waals surface area contributed by atoms with Crippen molar-refractivity contribution in [2.45, 2.75) is 32.4 Å². The Kier molecular flexibility index (Phi) is 5.83. The number of hydrogen-bond acceptors (Lipinski definition) is 6. The van der Waals surface area contributed by atoms with Crippen LogP contribution >= 0.6 is 0 Å². The lowest BCUT2D eigenvalue weighted by atomic mass is 10.1. The molecule has 1 amide bonds. The monoisotopic (exact) mass is 429 g/mol. The SMILES string of the molecule is CCOc1ccc(-c2noc(C3CCC(=O)N3Cc3cc(F)ccc3F)n2)cc1OC. The first kappa shape index (κ1) is 20.8. The smallest absolute Gasteiger partial charge is 0.249 e. The Morgan fingerprint density at radius 3 is 2.81 bits per heavy atom. The van der Waals surface area contributed by atoms with Crippen LogP contribution in [-0.2, 0) is 11.3 Å². The molecule has 1 aromatic heterocycles. The van der Waals surface area contributed by atoms with Crippen molar-refractivity contribution in [2.24, 2.45) is 0 Å². The minimum atomic E-state index is -0.576. The number of hydrogen-bond donors (Lipinski definition) is 0. The van der Waals surface area contributed by atoms with Gasteiger partial charge in [-0.15, -0.1) is 0 Å². The predicted molar refractivity (Wildman–Crippen MR) is 106 cm³/mol. The van der Waals surface area contributed by atoms with E-state index in [9.17, 15) is 13.6 Å². The molecule has 3 aromatic rings. The Hall–Kier alpha value is -3.49. The number of benzene rings is 2. The van der Waals surface area contributed by atoms with Gasteiger partial charge in [-0.25, -0.2) is 8.78 Å². The third-order valence-corrected chi connectivity index (χ3v) is 5.13. The van der Waals surface area contributed by atoms with E-state index in [1.165, 1.54) is 12.0 Å². The maximum Gasteiger partial charge on any atom is 0.249 e. The van der Waals surface area contributed by atoms with Gasteiger partial charge < -0.3 is 18.9 Å². The van der Waals surface area contributed by atoms with Gasteiger partial charge in [-0.2, -0.15) is 4.98 Å². The summed E-state index contributed by atoms with van der Waals surface area (Å²) in [7, 11) is 1.54. The lowest BCUT2D eigenvalue weighted by molar-refractivity contribution is -0.130. The maximum atomic E-state index is 14.1. The molecule has 2 aromatic carbocycles. The first-order chi connectivity index (χ1) is 15.0. The van der Waals surface area contributed by atoms with Crippen molar-refractivity contribution in [3.63, 3.8) is 0 Å². The van der Waals surface area contributed by atoms with Crippen LogP contribution in [0.2, 0.25) is 0 Å². The number of carbonyl (C=O) groups excluding carboxylic acids is 1. The minimum Gasteiger partial charge on any atom is -0.493 e. The zero-order chi connectivity index (χ0) is 22.0. The third kappa shape index (κ3) is 4.21. The van der Waals surface area contributed by atoms with Gasteiger partial charge in [-0.3, -0.25) is 4.79 Å². The predicted octanol–water partition coefficient (Wildman–Crippen LogP) is 4.29. The second-order valence-electron chi connectivity index (χ2n) is 7.07. The molecule has 1 saturated heterocycles. The molecule has 0 bridgehead atoms. The summed E-state index contributed by atoms with van der Waals surface area (Å²) in [5.74, 6) is 0.373. The molecule has 1 unspecified atom stereocenters. The van der Waals surface area contributed by atoms with Gasteiger partial charge in [0, 0.05) is 24.1 Å². The minimum absolute atomic E-state index is 0.0817. The first-order valence-corrected chi connectivity index (χ1v) is 9.88. The molecule has 9 heteroatoms. The Bertz CT molecular complexity index is 1100. The van der Waals surface area contributed by atoms with Gasteiger partial charge in [-0.1, -0.05) is 5.16 Å². The van der Waals surface area contributed by atoms with Gasteiger partial charge in [0.2, 0.25) is 17.6 Å². The van der Waals surface area contributed by atoms with Crippen molar-refractivity contribution < 1.29 is 27.6 Å². The zero-order valence-corrected chi connectivity index (χ0v) is 17.1. The van der Waals surface area contributed by atoms with Crippen molar-refractivity contribution in [1.82, 2.24) is 15.0 Å². The molecule has 0 saturated carbocycles. The highest BCUT2D eigenvalue weighted by molar-refractivity contribution is 5.79. The number of rotatable bonds is 7. The van der Waals surface area contributed by atoms with Crippen LogP contribution in [0.1, 0.15) is 37.3 Å². The molecule has 4 rings (SSSR count). The molecule has 1 aliphatic rings. The van der Waals surface area contributed by atoms with Crippen molar-refractivity contribution in [3.05, 3.63) is 59.5 Å². The second kappa shape index (κ2) is 8.71. The van der Waals surface area contributed by atoms with Crippen LogP contribution in [0, 0.1) is 11.6 Å². The van der Waals surface area contributed by atoms with Crippen LogP contribution in [0.25, 0.3) is 11.4 Å². The van der Waals surface area contributed by atoms with E-state index in [1.54, 1.807) is 18.2 Å². The molecular formula is C22H21F2N3O4.